The normalized spacial score (nSPS) is 12.3. The van der Waals surface area contributed by atoms with Crippen LogP contribution in [0.25, 0.3) is 10.8 Å². The molecule has 0 aliphatic carbocycles. The molecule has 0 bridgehead atoms. The van der Waals surface area contributed by atoms with Crippen LogP contribution in [0, 0.1) is 25.1 Å². The SMILES string of the molecule is CNCCCCC(C)(CCNC(C)=O)C(=O)NCc1cccc(C)c1O.Cc1cc2cc(F)ccc2cn1. The number of aromatic hydroxyl groups is 1. The molecule has 2 aromatic carbocycles. The summed E-state index contributed by atoms with van der Waals surface area (Å²) in [6.45, 7) is 8.83. The number of halogens is 1. The van der Waals surface area contributed by atoms with Gasteiger partial charge < -0.3 is 21.1 Å². The van der Waals surface area contributed by atoms with Crippen molar-refractivity contribution in [3.8, 4) is 5.75 Å². The van der Waals surface area contributed by atoms with E-state index < -0.39 is 5.41 Å². The number of amides is 2. The lowest BCUT2D eigenvalue weighted by atomic mass is 9.80. The highest BCUT2D eigenvalue weighted by Crippen LogP contribution is 2.29. The molecule has 4 N–H and O–H groups in total. The largest absolute Gasteiger partial charge is 0.507 e. The monoisotopic (exact) mass is 524 g/mol. The minimum absolute atomic E-state index is 0.0479. The Kier molecular flexibility index (Phi) is 12.1. The number of nitrogens with one attached hydrogen (secondary N) is 3. The molecule has 0 saturated carbocycles. The van der Waals surface area contributed by atoms with Crippen LogP contribution in [0.5, 0.6) is 5.75 Å². The highest BCUT2D eigenvalue weighted by atomic mass is 19.1. The third-order valence-electron chi connectivity index (χ3n) is 6.59. The number of carbonyl (C=O) groups is 2. The molecule has 0 radical (unpaired) electrons. The van der Waals surface area contributed by atoms with Crippen LogP contribution in [-0.2, 0) is 16.1 Å². The van der Waals surface area contributed by atoms with Crippen molar-refractivity contribution < 1.29 is 19.1 Å². The standard InChI is InChI=1S/C20H33N3O3.C10H8FN/c1-15-8-7-9-17(18(15)25)14-23-19(26)20(3,10-5-6-12-21-4)11-13-22-16(2)24;1-7-4-9-5-10(11)3-2-8(9)6-12-7/h7-9,21,25H,5-6,10-14H2,1-4H3,(H,22,24)(H,23,26);2-6H,1H3. The molecule has 1 aromatic heterocycles. The molecule has 3 aromatic rings. The molecule has 1 heterocycles. The summed E-state index contributed by atoms with van der Waals surface area (Å²) in [5.41, 5.74) is 1.85. The van der Waals surface area contributed by atoms with E-state index in [2.05, 4.69) is 20.9 Å². The average molecular weight is 525 g/mol. The minimum atomic E-state index is -0.560. The van der Waals surface area contributed by atoms with Crippen molar-refractivity contribution in [2.45, 2.75) is 59.9 Å². The van der Waals surface area contributed by atoms with Gasteiger partial charge in [0.2, 0.25) is 11.8 Å². The molecular weight excluding hydrogens is 483 g/mol. The van der Waals surface area contributed by atoms with E-state index in [9.17, 15) is 19.1 Å². The number of rotatable bonds is 11. The maximum absolute atomic E-state index is 12.9. The first kappa shape index (κ1) is 30.7. The van der Waals surface area contributed by atoms with Crippen molar-refractivity contribution in [2.75, 3.05) is 20.1 Å². The van der Waals surface area contributed by atoms with Gasteiger partial charge in [-0.1, -0.05) is 31.5 Å². The van der Waals surface area contributed by atoms with Crippen molar-refractivity contribution in [3.05, 3.63) is 71.3 Å². The number of benzene rings is 2. The van der Waals surface area contributed by atoms with Gasteiger partial charge in [-0.15, -0.1) is 0 Å². The molecule has 1 unspecified atom stereocenters. The number of para-hydroxylation sites is 1. The number of aryl methyl sites for hydroxylation is 2. The maximum atomic E-state index is 12.9. The number of fused-ring (bicyclic) bond motifs is 1. The van der Waals surface area contributed by atoms with E-state index in [0.29, 0.717) is 25.1 Å². The van der Waals surface area contributed by atoms with Crippen molar-refractivity contribution in [1.29, 1.82) is 0 Å². The first-order valence-electron chi connectivity index (χ1n) is 13.0. The third-order valence-corrected chi connectivity index (χ3v) is 6.59. The van der Waals surface area contributed by atoms with E-state index in [1.165, 1.54) is 19.1 Å². The Labute approximate surface area is 225 Å². The van der Waals surface area contributed by atoms with Gasteiger partial charge in [0.1, 0.15) is 11.6 Å². The van der Waals surface area contributed by atoms with E-state index in [-0.39, 0.29) is 23.4 Å². The van der Waals surface area contributed by atoms with Crippen LogP contribution in [0.1, 0.15) is 56.4 Å². The third kappa shape index (κ3) is 9.74. The summed E-state index contributed by atoms with van der Waals surface area (Å²) >= 11 is 0. The van der Waals surface area contributed by atoms with Crippen LogP contribution in [0.4, 0.5) is 4.39 Å². The van der Waals surface area contributed by atoms with Crippen molar-refractivity contribution in [2.24, 2.45) is 5.41 Å². The van der Waals surface area contributed by atoms with Crippen LogP contribution >= 0.6 is 0 Å². The molecule has 0 aliphatic rings. The second-order valence-corrected chi connectivity index (χ2v) is 9.94. The second-order valence-electron chi connectivity index (χ2n) is 9.94. The van der Waals surface area contributed by atoms with Crippen LogP contribution in [0.3, 0.4) is 0 Å². The lowest BCUT2D eigenvalue weighted by molar-refractivity contribution is -0.131. The van der Waals surface area contributed by atoms with Gasteiger partial charge >= 0.3 is 0 Å². The smallest absolute Gasteiger partial charge is 0.226 e. The number of carbonyl (C=O) groups excluding carboxylic acids is 2. The van der Waals surface area contributed by atoms with Gasteiger partial charge in [0, 0.05) is 48.3 Å². The molecular formula is C30H41FN4O3. The van der Waals surface area contributed by atoms with E-state index in [1.54, 1.807) is 12.3 Å². The van der Waals surface area contributed by atoms with Crippen molar-refractivity contribution in [1.82, 2.24) is 20.9 Å². The Morgan fingerprint density at radius 1 is 1.00 bits per heavy atom. The molecule has 38 heavy (non-hydrogen) atoms. The molecule has 7 nitrogen and oxygen atoms in total. The van der Waals surface area contributed by atoms with Gasteiger partial charge in [-0.25, -0.2) is 4.39 Å². The number of pyridine rings is 1. The van der Waals surface area contributed by atoms with Gasteiger partial charge in [0.25, 0.3) is 0 Å². The van der Waals surface area contributed by atoms with Crippen molar-refractivity contribution >= 4 is 22.6 Å². The van der Waals surface area contributed by atoms with E-state index in [1.807, 2.05) is 52.1 Å². The zero-order valence-corrected chi connectivity index (χ0v) is 23.2. The van der Waals surface area contributed by atoms with Crippen LogP contribution in [-0.4, -0.2) is 42.0 Å². The molecule has 1 atom stereocenters. The zero-order chi connectivity index (χ0) is 28.1. The van der Waals surface area contributed by atoms with Crippen LogP contribution in [0.2, 0.25) is 0 Å². The quantitative estimate of drug-likeness (QED) is 0.267. The topological polar surface area (TPSA) is 103 Å². The summed E-state index contributed by atoms with van der Waals surface area (Å²) < 4.78 is 12.7. The lowest BCUT2D eigenvalue weighted by Gasteiger charge is -2.29. The number of hydrogen-bond donors (Lipinski definition) is 4. The minimum Gasteiger partial charge on any atom is -0.507 e. The number of hydrogen-bond acceptors (Lipinski definition) is 5. The second kappa shape index (κ2) is 15.0. The number of phenolic OH excluding ortho intramolecular Hbond substituents is 1. The van der Waals surface area contributed by atoms with Gasteiger partial charge in [-0.3, -0.25) is 14.6 Å². The molecule has 0 saturated heterocycles. The Bertz CT molecular complexity index is 1180. The fourth-order valence-corrected chi connectivity index (χ4v) is 4.16. The van der Waals surface area contributed by atoms with Crippen molar-refractivity contribution in [3.63, 3.8) is 0 Å². The van der Waals surface area contributed by atoms with Crippen LogP contribution in [0.15, 0.2) is 48.7 Å². The summed E-state index contributed by atoms with van der Waals surface area (Å²) in [5, 5.41) is 20.8. The highest BCUT2D eigenvalue weighted by molar-refractivity contribution is 5.82. The Morgan fingerprint density at radius 2 is 1.76 bits per heavy atom. The summed E-state index contributed by atoms with van der Waals surface area (Å²) in [6, 6.07) is 12.1. The maximum Gasteiger partial charge on any atom is 0.226 e. The molecule has 3 rings (SSSR count). The predicted octanol–water partition coefficient (Wildman–Crippen LogP) is 4.92. The average Bonchev–Trinajstić information content (AvgIpc) is 2.87. The first-order chi connectivity index (χ1) is 18.1. The first-order valence-corrected chi connectivity index (χ1v) is 13.0. The Balaban J connectivity index is 0.000000347. The molecule has 0 spiro atoms. The van der Waals surface area contributed by atoms with Gasteiger partial charge in [0.05, 0.1) is 0 Å². The molecule has 8 heteroatoms. The number of unbranched alkanes of at least 4 members (excludes halogenated alkanes) is 1. The fraction of sp³-hybridized carbons (Fsp3) is 0.433. The van der Waals surface area contributed by atoms with Gasteiger partial charge in [0.15, 0.2) is 0 Å². The number of nitrogens with zero attached hydrogens (tertiary/aromatic N) is 1. The molecule has 2 amide bonds. The molecule has 206 valence electrons. The Hall–Kier alpha value is -3.52. The van der Waals surface area contributed by atoms with Gasteiger partial charge in [-0.2, -0.15) is 0 Å². The van der Waals surface area contributed by atoms with Crippen LogP contribution < -0.4 is 16.0 Å². The van der Waals surface area contributed by atoms with E-state index in [0.717, 1.165) is 47.8 Å². The fourth-order valence-electron chi connectivity index (χ4n) is 4.16. The van der Waals surface area contributed by atoms with E-state index in [4.69, 9.17) is 0 Å². The number of aromatic nitrogens is 1. The summed E-state index contributed by atoms with van der Waals surface area (Å²) in [7, 11) is 1.91. The Morgan fingerprint density at radius 3 is 2.47 bits per heavy atom. The lowest BCUT2D eigenvalue weighted by Crippen LogP contribution is -2.41. The highest BCUT2D eigenvalue weighted by Gasteiger charge is 2.32. The van der Waals surface area contributed by atoms with E-state index >= 15 is 0 Å². The molecule has 0 aliphatic heterocycles. The number of phenols is 1. The predicted molar refractivity (Wildman–Crippen MR) is 150 cm³/mol. The molecule has 0 fully saturated rings. The summed E-state index contributed by atoms with van der Waals surface area (Å²) in [4.78, 5) is 28.1. The summed E-state index contributed by atoms with van der Waals surface area (Å²) in [5.74, 6) is -0.115. The summed E-state index contributed by atoms with van der Waals surface area (Å²) in [6.07, 6.45) is 5.01. The van der Waals surface area contributed by atoms with Gasteiger partial charge in [-0.05, 0) is 81.9 Å². The zero-order valence-electron chi connectivity index (χ0n) is 23.2.